The fourth-order valence-electron chi connectivity index (χ4n) is 2.76. The van der Waals surface area contributed by atoms with Crippen molar-refractivity contribution in [2.75, 3.05) is 6.61 Å². The van der Waals surface area contributed by atoms with Crippen molar-refractivity contribution >= 4 is 5.97 Å². The van der Waals surface area contributed by atoms with Crippen LogP contribution in [-0.2, 0) is 9.53 Å². The molecule has 0 N–H and O–H groups in total. The van der Waals surface area contributed by atoms with Gasteiger partial charge in [0.1, 0.15) is 0 Å². The Balaban J connectivity index is 3.38. The molecule has 0 bridgehead atoms. The smallest absolute Gasteiger partial charge is 0.305 e. The topological polar surface area (TPSA) is 26.3 Å². The predicted molar refractivity (Wildman–Crippen MR) is 96.1 cm³/mol. The third-order valence-corrected chi connectivity index (χ3v) is 4.51. The largest absolute Gasteiger partial charge is 0.465 e. The van der Waals surface area contributed by atoms with Crippen LogP contribution >= 0.6 is 0 Å². The van der Waals surface area contributed by atoms with Crippen LogP contribution < -0.4 is 0 Å². The molecule has 0 aliphatic rings. The molecule has 0 aliphatic heterocycles. The number of ether oxygens (including phenoxy) is 1. The van der Waals surface area contributed by atoms with E-state index < -0.39 is 0 Å². The van der Waals surface area contributed by atoms with Crippen LogP contribution in [-0.4, -0.2) is 12.6 Å². The van der Waals surface area contributed by atoms with Crippen molar-refractivity contribution in [2.45, 2.75) is 111 Å². The second kappa shape index (κ2) is 16.8. The molecule has 0 fully saturated rings. The van der Waals surface area contributed by atoms with Crippen molar-refractivity contribution in [3.8, 4) is 0 Å². The number of carbonyl (C=O) groups is 1. The second-order valence-electron chi connectivity index (χ2n) is 6.68. The molecule has 0 amide bonds. The average molecular weight is 313 g/mol. The van der Waals surface area contributed by atoms with Crippen LogP contribution in [0.5, 0.6) is 0 Å². The van der Waals surface area contributed by atoms with Crippen molar-refractivity contribution in [3.63, 3.8) is 0 Å². The molecule has 0 spiro atoms. The SMILES string of the molecule is CCCCCCCCCCCC(=O)OC[C@@H](CC)CCCC. The summed E-state index contributed by atoms with van der Waals surface area (Å²) in [7, 11) is 0. The quantitative estimate of drug-likeness (QED) is 0.235. The van der Waals surface area contributed by atoms with Gasteiger partial charge in [0, 0.05) is 6.42 Å². The van der Waals surface area contributed by atoms with Crippen molar-refractivity contribution in [2.24, 2.45) is 5.92 Å². The van der Waals surface area contributed by atoms with E-state index in [0.717, 1.165) is 12.8 Å². The maximum absolute atomic E-state index is 11.7. The van der Waals surface area contributed by atoms with Crippen molar-refractivity contribution in [1.82, 2.24) is 0 Å². The summed E-state index contributed by atoms with van der Waals surface area (Å²) in [6.07, 6.45) is 17.0. The summed E-state index contributed by atoms with van der Waals surface area (Å²) in [6, 6.07) is 0. The molecule has 0 aromatic heterocycles. The molecule has 0 aromatic carbocycles. The van der Waals surface area contributed by atoms with E-state index in [9.17, 15) is 4.79 Å². The summed E-state index contributed by atoms with van der Waals surface area (Å²) in [4.78, 5) is 11.7. The highest BCUT2D eigenvalue weighted by Gasteiger charge is 2.09. The standard InChI is InChI=1S/C20H40O2/c1-4-7-9-10-11-12-13-14-15-17-20(21)22-18-19(6-3)16-8-5-2/h19H,4-18H2,1-3H3/t19-/m0/s1. The summed E-state index contributed by atoms with van der Waals surface area (Å²) in [6.45, 7) is 7.29. The molecule has 0 aliphatic carbocycles. The van der Waals surface area contributed by atoms with Gasteiger partial charge in [0.2, 0.25) is 0 Å². The monoisotopic (exact) mass is 312 g/mol. The zero-order valence-corrected chi connectivity index (χ0v) is 15.5. The van der Waals surface area contributed by atoms with Crippen LogP contribution in [0.4, 0.5) is 0 Å². The van der Waals surface area contributed by atoms with Crippen LogP contribution in [0.25, 0.3) is 0 Å². The predicted octanol–water partition coefficient (Wildman–Crippen LogP) is 6.67. The van der Waals surface area contributed by atoms with Crippen molar-refractivity contribution in [3.05, 3.63) is 0 Å². The fourth-order valence-corrected chi connectivity index (χ4v) is 2.76. The molecule has 0 rings (SSSR count). The number of rotatable bonds is 16. The molecule has 0 aromatic rings. The molecule has 0 radical (unpaired) electrons. The minimum atomic E-state index is 0.0119. The molecule has 2 nitrogen and oxygen atoms in total. The Bertz CT molecular complexity index is 238. The number of unbranched alkanes of at least 4 members (excludes halogenated alkanes) is 9. The Morgan fingerprint density at radius 1 is 0.773 bits per heavy atom. The summed E-state index contributed by atoms with van der Waals surface area (Å²) >= 11 is 0. The lowest BCUT2D eigenvalue weighted by Gasteiger charge is -2.14. The molecule has 0 unspecified atom stereocenters. The first-order valence-corrected chi connectivity index (χ1v) is 9.90. The molecular weight excluding hydrogens is 272 g/mol. The molecule has 132 valence electrons. The van der Waals surface area contributed by atoms with E-state index >= 15 is 0 Å². The fraction of sp³-hybridized carbons (Fsp3) is 0.950. The van der Waals surface area contributed by atoms with Crippen LogP contribution in [0.15, 0.2) is 0 Å². The number of hydrogen-bond acceptors (Lipinski definition) is 2. The number of carbonyl (C=O) groups excluding carboxylic acids is 1. The lowest BCUT2D eigenvalue weighted by atomic mass is 10.0. The first kappa shape index (κ1) is 21.5. The third kappa shape index (κ3) is 14.4. The van der Waals surface area contributed by atoms with Crippen LogP contribution in [0.1, 0.15) is 111 Å². The summed E-state index contributed by atoms with van der Waals surface area (Å²) in [5.74, 6) is 0.574. The summed E-state index contributed by atoms with van der Waals surface area (Å²) in [5, 5.41) is 0. The number of esters is 1. The van der Waals surface area contributed by atoms with E-state index in [1.165, 1.54) is 70.6 Å². The van der Waals surface area contributed by atoms with Gasteiger partial charge in [-0.3, -0.25) is 4.79 Å². The Morgan fingerprint density at radius 2 is 1.32 bits per heavy atom. The van der Waals surface area contributed by atoms with Crippen LogP contribution in [0.2, 0.25) is 0 Å². The Hall–Kier alpha value is -0.530. The van der Waals surface area contributed by atoms with E-state index in [1.807, 2.05) is 0 Å². The molecule has 0 saturated heterocycles. The minimum absolute atomic E-state index is 0.0119. The molecule has 1 atom stereocenters. The van der Waals surface area contributed by atoms with E-state index in [2.05, 4.69) is 20.8 Å². The first-order valence-electron chi connectivity index (χ1n) is 9.90. The van der Waals surface area contributed by atoms with Gasteiger partial charge >= 0.3 is 5.97 Å². The summed E-state index contributed by atoms with van der Waals surface area (Å²) < 4.78 is 5.43. The zero-order chi connectivity index (χ0) is 16.5. The molecule has 22 heavy (non-hydrogen) atoms. The van der Waals surface area contributed by atoms with Gasteiger partial charge in [-0.05, 0) is 18.8 Å². The maximum atomic E-state index is 11.7. The first-order chi connectivity index (χ1) is 10.7. The summed E-state index contributed by atoms with van der Waals surface area (Å²) in [5.41, 5.74) is 0. The Kier molecular flexibility index (Phi) is 16.4. The normalized spacial score (nSPS) is 12.3. The lowest BCUT2D eigenvalue weighted by Crippen LogP contribution is -2.13. The maximum Gasteiger partial charge on any atom is 0.305 e. The average Bonchev–Trinajstić information content (AvgIpc) is 2.53. The van der Waals surface area contributed by atoms with E-state index in [1.54, 1.807) is 0 Å². The molecular formula is C20H40O2. The molecule has 0 heterocycles. The molecule has 2 heteroatoms. The highest BCUT2D eigenvalue weighted by Crippen LogP contribution is 2.14. The van der Waals surface area contributed by atoms with Gasteiger partial charge in [-0.1, -0.05) is 91.4 Å². The van der Waals surface area contributed by atoms with Gasteiger partial charge in [0.25, 0.3) is 0 Å². The highest BCUT2D eigenvalue weighted by molar-refractivity contribution is 5.69. The van der Waals surface area contributed by atoms with E-state index in [4.69, 9.17) is 4.74 Å². The van der Waals surface area contributed by atoms with E-state index in [0.29, 0.717) is 18.9 Å². The highest BCUT2D eigenvalue weighted by atomic mass is 16.5. The second-order valence-corrected chi connectivity index (χ2v) is 6.68. The van der Waals surface area contributed by atoms with Gasteiger partial charge < -0.3 is 4.74 Å². The zero-order valence-electron chi connectivity index (χ0n) is 15.5. The lowest BCUT2D eigenvalue weighted by molar-refractivity contribution is -0.145. The van der Waals surface area contributed by atoms with Gasteiger partial charge in [-0.2, -0.15) is 0 Å². The third-order valence-electron chi connectivity index (χ3n) is 4.51. The van der Waals surface area contributed by atoms with Gasteiger partial charge in [0.05, 0.1) is 6.61 Å². The van der Waals surface area contributed by atoms with Crippen LogP contribution in [0, 0.1) is 5.92 Å². The number of hydrogen-bond donors (Lipinski definition) is 0. The minimum Gasteiger partial charge on any atom is -0.465 e. The van der Waals surface area contributed by atoms with Crippen molar-refractivity contribution < 1.29 is 9.53 Å². The Morgan fingerprint density at radius 3 is 1.86 bits per heavy atom. The van der Waals surface area contributed by atoms with Crippen molar-refractivity contribution in [1.29, 1.82) is 0 Å². The van der Waals surface area contributed by atoms with Gasteiger partial charge in [-0.25, -0.2) is 0 Å². The van der Waals surface area contributed by atoms with Gasteiger partial charge in [0.15, 0.2) is 0 Å². The van der Waals surface area contributed by atoms with Gasteiger partial charge in [-0.15, -0.1) is 0 Å². The van der Waals surface area contributed by atoms with E-state index in [-0.39, 0.29) is 5.97 Å². The Labute approximate surface area is 139 Å². The van der Waals surface area contributed by atoms with Crippen LogP contribution in [0.3, 0.4) is 0 Å². The molecule has 0 saturated carbocycles.